The van der Waals surface area contributed by atoms with Gasteiger partial charge in [0.2, 0.25) is 5.91 Å². The third-order valence-electron chi connectivity index (χ3n) is 4.42. The van der Waals surface area contributed by atoms with Crippen molar-refractivity contribution in [3.8, 4) is 0 Å². The van der Waals surface area contributed by atoms with Gasteiger partial charge in [0, 0.05) is 46.3 Å². The lowest BCUT2D eigenvalue weighted by Crippen LogP contribution is -2.49. The van der Waals surface area contributed by atoms with Gasteiger partial charge in [0.05, 0.1) is 6.42 Å². The van der Waals surface area contributed by atoms with Gasteiger partial charge < -0.3 is 14.7 Å². The van der Waals surface area contributed by atoms with Crippen LogP contribution in [0.5, 0.6) is 0 Å². The number of aromatic nitrogens is 2. The number of rotatable bonds is 4. The van der Waals surface area contributed by atoms with Crippen molar-refractivity contribution in [1.29, 1.82) is 0 Å². The van der Waals surface area contributed by atoms with Gasteiger partial charge in [-0.1, -0.05) is 30.3 Å². The number of aryl methyl sites for hydroxylation is 1. The van der Waals surface area contributed by atoms with Gasteiger partial charge in [-0.15, -0.1) is 0 Å². The summed E-state index contributed by atoms with van der Waals surface area (Å²) in [4.78, 5) is 27.7. The molecule has 0 N–H and O–H groups in total. The zero-order valence-electron chi connectivity index (χ0n) is 15.1. The lowest BCUT2D eigenvalue weighted by atomic mass is 10.1. The van der Waals surface area contributed by atoms with Crippen LogP contribution in [0, 0.1) is 6.92 Å². The molecule has 2 heterocycles. The molecule has 0 bridgehead atoms. The molecule has 0 spiro atoms. The van der Waals surface area contributed by atoms with Gasteiger partial charge in [0.1, 0.15) is 17.5 Å². The topological polar surface area (TPSA) is 52.6 Å². The van der Waals surface area contributed by atoms with Crippen LogP contribution in [0.15, 0.2) is 36.4 Å². The van der Waals surface area contributed by atoms with Gasteiger partial charge in [0.15, 0.2) is 0 Å². The fourth-order valence-corrected chi connectivity index (χ4v) is 2.99. The van der Waals surface area contributed by atoms with E-state index in [1.807, 2.05) is 67.2 Å². The zero-order valence-corrected chi connectivity index (χ0v) is 15.1. The lowest BCUT2D eigenvalue weighted by molar-refractivity contribution is -0.130. The largest absolute Gasteiger partial charge is 0.363 e. The summed E-state index contributed by atoms with van der Waals surface area (Å²) < 4.78 is 0. The summed E-state index contributed by atoms with van der Waals surface area (Å²) in [6, 6.07) is 11.9. The Morgan fingerprint density at radius 2 is 1.76 bits per heavy atom. The molecule has 132 valence electrons. The molecule has 2 aromatic rings. The zero-order chi connectivity index (χ0) is 17.8. The molecule has 1 fully saturated rings. The predicted octanol–water partition coefficient (Wildman–Crippen LogP) is 1.74. The molecule has 1 aliphatic rings. The fraction of sp³-hybridized carbons (Fsp3) is 0.421. The average Bonchev–Trinajstić information content (AvgIpc) is 2.62. The van der Waals surface area contributed by atoms with Crippen LogP contribution in [0.2, 0.25) is 0 Å². The first-order chi connectivity index (χ1) is 12.0. The number of benzene rings is 1. The van der Waals surface area contributed by atoms with Crippen molar-refractivity contribution < 1.29 is 4.79 Å². The Morgan fingerprint density at radius 1 is 1.08 bits per heavy atom. The quantitative estimate of drug-likeness (QED) is 0.849. The Kier molecular flexibility index (Phi) is 5.16. The van der Waals surface area contributed by atoms with Crippen molar-refractivity contribution in [2.75, 3.05) is 50.1 Å². The lowest BCUT2D eigenvalue weighted by Gasteiger charge is -2.35. The minimum Gasteiger partial charge on any atom is -0.363 e. The van der Waals surface area contributed by atoms with E-state index in [0.717, 1.165) is 49.2 Å². The molecule has 1 aromatic heterocycles. The maximum absolute atomic E-state index is 12.5. The number of hydrogen-bond donors (Lipinski definition) is 0. The van der Waals surface area contributed by atoms with Crippen molar-refractivity contribution in [3.05, 3.63) is 47.8 Å². The van der Waals surface area contributed by atoms with Crippen molar-refractivity contribution in [2.24, 2.45) is 0 Å². The summed E-state index contributed by atoms with van der Waals surface area (Å²) in [5, 5.41) is 0. The summed E-state index contributed by atoms with van der Waals surface area (Å²) in [5.41, 5.74) is 1.07. The molecule has 3 rings (SSSR count). The first kappa shape index (κ1) is 17.2. The minimum atomic E-state index is 0.193. The van der Waals surface area contributed by atoms with Gasteiger partial charge in [-0.2, -0.15) is 0 Å². The van der Waals surface area contributed by atoms with E-state index in [0.29, 0.717) is 6.42 Å². The Hall–Kier alpha value is -2.63. The molecule has 1 aliphatic heterocycles. The molecule has 0 atom stereocenters. The standard InChI is InChI=1S/C19H25N5O/c1-15-20-17(22(2)3)14-18(21-15)23-9-11-24(12-10-23)19(25)13-16-7-5-4-6-8-16/h4-8,14H,9-13H2,1-3H3. The molecule has 0 radical (unpaired) electrons. The number of anilines is 2. The van der Waals surface area contributed by atoms with E-state index in [2.05, 4.69) is 14.9 Å². The Bertz CT molecular complexity index is 724. The smallest absolute Gasteiger partial charge is 0.227 e. The highest BCUT2D eigenvalue weighted by atomic mass is 16.2. The molecule has 1 amide bonds. The normalized spacial score (nSPS) is 14.5. The summed E-state index contributed by atoms with van der Waals surface area (Å²) in [6.07, 6.45) is 0.470. The second kappa shape index (κ2) is 7.51. The molecule has 6 nitrogen and oxygen atoms in total. The molecule has 25 heavy (non-hydrogen) atoms. The van der Waals surface area contributed by atoms with Crippen LogP contribution >= 0.6 is 0 Å². The number of nitrogens with zero attached hydrogens (tertiary/aromatic N) is 5. The monoisotopic (exact) mass is 339 g/mol. The van der Waals surface area contributed by atoms with Crippen molar-refractivity contribution in [3.63, 3.8) is 0 Å². The SMILES string of the molecule is Cc1nc(N(C)C)cc(N2CCN(C(=O)Cc3ccccc3)CC2)n1. The van der Waals surface area contributed by atoms with Gasteiger partial charge in [0.25, 0.3) is 0 Å². The van der Waals surface area contributed by atoms with E-state index in [9.17, 15) is 4.79 Å². The Labute approximate surface area is 149 Å². The van der Waals surface area contributed by atoms with Crippen molar-refractivity contribution in [1.82, 2.24) is 14.9 Å². The number of hydrogen-bond acceptors (Lipinski definition) is 5. The molecular weight excluding hydrogens is 314 g/mol. The predicted molar refractivity (Wildman–Crippen MR) is 100 cm³/mol. The summed E-state index contributed by atoms with van der Waals surface area (Å²) in [7, 11) is 3.96. The maximum Gasteiger partial charge on any atom is 0.227 e. The van der Waals surface area contributed by atoms with Gasteiger partial charge in [-0.3, -0.25) is 4.79 Å². The van der Waals surface area contributed by atoms with Gasteiger partial charge in [-0.25, -0.2) is 9.97 Å². The van der Waals surface area contributed by atoms with E-state index < -0.39 is 0 Å². The highest BCUT2D eigenvalue weighted by Gasteiger charge is 2.22. The summed E-state index contributed by atoms with van der Waals surface area (Å²) in [6.45, 7) is 4.96. The minimum absolute atomic E-state index is 0.193. The molecule has 1 saturated heterocycles. The molecule has 0 saturated carbocycles. The highest BCUT2D eigenvalue weighted by Crippen LogP contribution is 2.19. The van der Waals surface area contributed by atoms with E-state index in [1.165, 1.54) is 0 Å². The second-order valence-electron chi connectivity index (χ2n) is 6.56. The Balaban J connectivity index is 1.61. The van der Waals surface area contributed by atoms with E-state index in [4.69, 9.17) is 0 Å². The third kappa shape index (κ3) is 4.26. The van der Waals surface area contributed by atoms with Crippen LogP contribution in [-0.4, -0.2) is 61.0 Å². The fourth-order valence-electron chi connectivity index (χ4n) is 2.99. The third-order valence-corrected chi connectivity index (χ3v) is 4.42. The number of piperazine rings is 1. The van der Waals surface area contributed by atoms with Crippen LogP contribution in [0.1, 0.15) is 11.4 Å². The Morgan fingerprint density at radius 3 is 2.40 bits per heavy atom. The summed E-state index contributed by atoms with van der Waals surface area (Å²) in [5.74, 6) is 2.80. The number of amides is 1. The molecule has 6 heteroatoms. The van der Waals surface area contributed by atoms with E-state index >= 15 is 0 Å². The van der Waals surface area contributed by atoms with Gasteiger partial charge >= 0.3 is 0 Å². The average molecular weight is 339 g/mol. The number of carbonyl (C=O) groups excluding carboxylic acids is 1. The van der Waals surface area contributed by atoms with Crippen molar-refractivity contribution in [2.45, 2.75) is 13.3 Å². The summed E-state index contributed by atoms with van der Waals surface area (Å²) >= 11 is 0. The van der Waals surface area contributed by atoms with Crippen LogP contribution in [0.25, 0.3) is 0 Å². The van der Waals surface area contributed by atoms with E-state index in [-0.39, 0.29) is 5.91 Å². The van der Waals surface area contributed by atoms with Crippen LogP contribution in [-0.2, 0) is 11.2 Å². The second-order valence-corrected chi connectivity index (χ2v) is 6.56. The van der Waals surface area contributed by atoms with Crippen LogP contribution in [0.3, 0.4) is 0 Å². The molecule has 0 unspecified atom stereocenters. The molecular formula is C19H25N5O. The van der Waals surface area contributed by atoms with Crippen LogP contribution < -0.4 is 9.80 Å². The molecule has 1 aromatic carbocycles. The first-order valence-electron chi connectivity index (χ1n) is 8.62. The number of carbonyl (C=O) groups is 1. The van der Waals surface area contributed by atoms with Gasteiger partial charge in [-0.05, 0) is 12.5 Å². The van der Waals surface area contributed by atoms with Crippen molar-refractivity contribution >= 4 is 17.5 Å². The molecule has 0 aliphatic carbocycles. The maximum atomic E-state index is 12.5. The highest BCUT2D eigenvalue weighted by molar-refractivity contribution is 5.79. The first-order valence-corrected chi connectivity index (χ1v) is 8.62. The van der Waals surface area contributed by atoms with E-state index in [1.54, 1.807) is 0 Å². The van der Waals surface area contributed by atoms with Crippen LogP contribution in [0.4, 0.5) is 11.6 Å².